The van der Waals surface area contributed by atoms with Crippen molar-refractivity contribution in [1.29, 1.82) is 0 Å². The van der Waals surface area contributed by atoms with Crippen molar-refractivity contribution < 1.29 is 9.53 Å². The molecule has 120 valence electrons. The van der Waals surface area contributed by atoms with Crippen molar-refractivity contribution in [3.05, 3.63) is 29.8 Å². The molecule has 22 heavy (non-hydrogen) atoms. The Morgan fingerprint density at radius 3 is 2.82 bits per heavy atom. The van der Waals surface area contributed by atoms with Crippen LogP contribution in [0.15, 0.2) is 24.3 Å². The highest BCUT2D eigenvalue weighted by Gasteiger charge is 2.25. The molecule has 5 heteroatoms. The van der Waals surface area contributed by atoms with Gasteiger partial charge in [0.2, 0.25) is 0 Å². The van der Waals surface area contributed by atoms with Crippen LogP contribution in [0.5, 0.6) is 5.75 Å². The maximum atomic E-state index is 12.6. The van der Waals surface area contributed by atoms with E-state index in [0.717, 1.165) is 57.5 Å². The molecule has 1 atom stereocenters. The minimum atomic E-state index is 0.112. The molecule has 3 rings (SSSR count). The first-order valence-electron chi connectivity index (χ1n) is 8.12. The van der Waals surface area contributed by atoms with E-state index in [4.69, 9.17) is 4.74 Å². The van der Waals surface area contributed by atoms with Gasteiger partial charge in [-0.05, 0) is 43.6 Å². The summed E-state index contributed by atoms with van der Waals surface area (Å²) in [6.45, 7) is 7.04. The third-order valence-corrected chi connectivity index (χ3v) is 4.65. The van der Waals surface area contributed by atoms with Gasteiger partial charge in [0.1, 0.15) is 5.75 Å². The zero-order valence-corrected chi connectivity index (χ0v) is 13.3. The van der Waals surface area contributed by atoms with Crippen molar-refractivity contribution in [3.63, 3.8) is 0 Å². The molecule has 1 aromatic carbocycles. The average molecular weight is 303 g/mol. The first-order chi connectivity index (χ1) is 10.8. The molecule has 2 aliphatic rings. The fraction of sp³-hybridized carbons (Fsp3) is 0.588. The number of rotatable bonds is 4. The number of nitrogens with one attached hydrogen (secondary N) is 1. The Balaban J connectivity index is 1.52. The number of benzene rings is 1. The molecule has 2 heterocycles. The Kier molecular flexibility index (Phi) is 4.95. The average Bonchev–Trinajstić information content (AvgIpc) is 3.08. The lowest BCUT2D eigenvalue weighted by Gasteiger charge is -2.36. The molecule has 5 nitrogen and oxygen atoms in total. The van der Waals surface area contributed by atoms with Crippen LogP contribution in [-0.2, 0) is 0 Å². The monoisotopic (exact) mass is 303 g/mol. The van der Waals surface area contributed by atoms with Crippen LogP contribution in [0.25, 0.3) is 0 Å². The largest absolute Gasteiger partial charge is 0.497 e. The fourth-order valence-corrected chi connectivity index (χ4v) is 3.31. The number of ether oxygens (including phenoxy) is 1. The SMILES string of the molecule is COc1cccc(C(=O)N2CCN(C[C@H]3CCNC3)CC2)c1. The minimum absolute atomic E-state index is 0.112. The van der Waals surface area contributed by atoms with Gasteiger partial charge in [0.05, 0.1) is 7.11 Å². The van der Waals surface area contributed by atoms with Crippen molar-refractivity contribution in [2.45, 2.75) is 6.42 Å². The normalized spacial score (nSPS) is 22.8. The standard InChI is InChI=1S/C17H25N3O2/c1-22-16-4-2-3-15(11-16)17(21)20-9-7-19(8-10-20)13-14-5-6-18-12-14/h2-4,11,14,18H,5-10,12-13H2,1H3/t14-/m0/s1. The second kappa shape index (κ2) is 7.11. The number of hydrogen-bond acceptors (Lipinski definition) is 4. The zero-order valence-electron chi connectivity index (χ0n) is 13.3. The van der Waals surface area contributed by atoms with E-state index in [-0.39, 0.29) is 5.91 Å². The summed E-state index contributed by atoms with van der Waals surface area (Å²) in [6.07, 6.45) is 1.28. The van der Waals surface area contributed by atoms with Gasteiger partial charge in [-0.15, -0.1) is 0 Å². The van der Waals surface area contributed by atoms with Gasteiger partial charge >= 0.3 is 0 Å². The Morgan fingerprint density at radius 2 is 2.14 bits per heavy atom. The minimum Gasteiger partial charge on any atom is -0.497 e. The van der Waals surface area contributed by atoms with E-state index in [2.05, 4.69) is 10.2 Å². The smallest absolute Gasteiger partial charge is 0.254 e. The summed E-state index contributed by atoms with van der Waals surface area (Å²) < 4.78 is 5.20. The van der Waals surface area contributed by atoms with E-state index in [1.807, 2.05) is 29.2 Å². The summed E-state index contributed by atoms with van der Waals surface area (Å²) in [6, 6.07) is 7.42. The molecule has 2 saturated heterocycles. The molecular weight excluding hydrogens is 278 g/mol. The van der Waals surface area contributed by atoms with Crippen LogP contribution in [0, 0.1) is 5.92 Å². The lowest BCUT2D eigenvalue weighted by molar-refractivity contribution is 0.0620. The predicted octanol–water partition coefficient (Wildman–Crippen LogP) is 1.06. The number of piperazine rings is 1. The molecule has 0 saturated carbocycles. The van der Waals surface area contributed by atoms with Crippen LogP contribution < -0.4 is 10.1 Å². The molecule has 0 bridgehead atoms. The lowest BCUT2D eigenvalue weighted by Crippen LogP contribution is -2.49. The molecule has 0 aliphatic carbocycles. The molecular formula is C17H25N3O2. The summed E-state index contributed by atoms with van der Waals surface area (Å²) in [4.78, 5) is 17.0. The van der Waals surface area contributed by atoms with Gasteiger partial charge in [0.25, 0.3) is 5.91 Å². The number of carbonyl (C=O) groups excluding carboxylic acids is 1. The van der Waals surface area contributed by atoms with Crippen LogP contribution in [0.3, 0.4) is 0 Å². The van der Waals surface area contributed by atoms with Crippen molar-refractivity contribution in [2.75, 3.05) is 52.9 Å². The zero-order chi connectivity index (χ0) is 15.4. The Hall–Kier alpha value is -1.59. The maximum Gasteiger partial charge on any atom is 0.254 e. The Labute approximate surface area is 132 Å². The van der Waals surface area contributed by atoms with E-state index in [1.54, 1.807) is 7.11 Å². The topological polar surface area (TPSA) is 44.8 Å². The quantitative estimate of drug-likeness (QED) is 0.903. The summed E-state index contributed by atoms with van der Waals surface area (Å²) in [5.74, 6) is 1.62. The van der Waals surface area contributed by atoms with Crippen molar-refractivity contribution >= 4 is 5.91 Å². The van der Waals surface area contributed by atoms with E-state index in [0.29, 0.717) is 5.56 Å². The molecule has 0 radical (unpaired) electrons. The Bertz CT molecular complexity index is 506. The highest BCUT2D eigenvalue weighted by Crippen LogP contribution is 2.16. The van der Waals surface area contributed by atoms with Gasteiger partial charge in [-0.1, -0.05) is 6.07 Å². The highest BCUT2D eigenvalue weighted by atomic mass is 16.5. The van der Waals surface area contributed by atoms with Gasteiger partial charge in [0.15, 0.2) is 0 Å². The van der Waals surface area contributed by atoms with Crippen LogP contribution in [0.1, 0.15) is 16.8 Å². The second-order valence-corrected chi connectivity index (χ2v) is 6.18. The second-order valence-electron chi connectivity index (χ2n) is 6.18. The van der Waals surface area contributed by atoms with Crippen LogP contribution >= 0.6 is 0 Å². The number of methoxy groups -OCH3 is 1. The third kappa shape index (κ3) is 3.59. The highest BCUT2D eigenvalue weighted by molar-refractivity contribution is 5.94. The maximum absolute atomic E-state index is 12.6. The van der Waals surface area contributed by atoms with Crippen LogP contribution in [-0.4, -0.2) is 68.6 Å². The van der Waals surface area contributed by atoms with Gasteiger partial charge in [-0.25, -0.2) is 0 Å². The molecule has 1 N–H and O–H groups in total. The number of amides is 1. The number of carbonyl (C=O) groups is 1. The molecule has 2 fully saturated rings. The van der Waals surface area contributed by atoms with Crippen molar-refractivity contribution in [2.24, 2.45) is 5.92 Å². The lowest BCUT2D eigenvalue weighted by atomic mass is 10.1. The molecule has 0 spiro atoms. The molecule has 0 aromatic heterocycles. The van der Waals surface area contributed by atoms with Crippen LogP contribution in [0.2, 0.25) is 0 Å². The van der Waals surface area contributed by atoms with E-state index in [1.165, 1.54) is 6.42 Å². The summed E-state index contributed by atoms with van der Waals surface area (Å²) in [7, 11) is 1.63. The third-order valence-electron chi connectivity index (χ3n) is 4.65. The predicted molar refractivity (Wildman–Crippen MR) is 86.3 cm³/mol. The number of nitrogens with zero attached hydrogens (tertiary/aromatic N) is 2. The van der Waals surface area contributed by atoms with Crippen LogP contribution in [0.4, 0.5) is 0 Å². The summed E-state index contributed by atoms with van der Waals surface area (Å²) in [5.41, 5.74) is 0.716. The Morgan fingerprint density at radius 1 is 1.32 bits per heavy atom. The first kappa shape index (κ1) is 15.3. The summed E-state index contributed by atoms with van der Waals surface area (Å²) in [5, 5.41) is 3.42. The van der Waals surface area contributed by atoms with E-state index in [9.17, 15) is 4.79 Å². The van der Waals surface area contributed by atoms with Gasteiger partial charge in [-0.3, -0.25) is 9.69 Å². The molecule has 2 aliphatic heterocycles. The first-order valence-corrected chi connectivity index (χ1v) is 8.12. The van der Waals surface area contributed by atoms with Crippen molar-refractivity contribution in [1.82, 2.24) is 15.1 Å². The number of hydrogen-bond donors (Lipinski definition) is 1. The molecule has 1 amide bonds. The molecule has 0 unspecified atom stereocenters. The molecule has 1 aromatic rings. The summed E-state index contributed by atoms with van der Waals surface area (Å²) >= 11 is 0. The van der Waals surface area contributed by atoms with Gasteiger partial charge in [0, 0.05) is 38.3 Å². The van der Waals surface area contributed by atoms with Gasteiger partial charge in [-0.2, -0.15) is 0 Å². The van der Waals surface area contributed by atoms with Gasteiger partial charge < -0.3 is 15.0 Å². The van der Waals surface area contributed by atoms with Crippen molar-refractivity contribution in [3.8, 4) is 5.75 Å². The van der Waals surface area contributed by atoms with E-state index < -0.39 is 0 Å². The fourth-order valence-electron chi connectivity index (χ4n) is 3.31. The van der Waals surface area contributed by atoms with E-state index >= 15 is 0 Å².